The van der Waals surface area contributed by atoms with Gasteiger partial charge in [-0.2, -0.15) is 0 Å². The molecular weight excluding hydrogens is 326 g/mol. The van der Waals surface area contributed by atoms with Crippen LogP contribution in [0.2, 0.25) is 5.02 Å². The molecule has 0 radical (unpaired) electrons. The predicted octanol–water partition coefficient (Wildman–Crippen LogP) is 4.57. The Bertz CT molecular complexity index is 739. The summed E-state index contributed by atoms with van der Waals surface area (Å²) in [6.07, 6.45) is 0. The quantitative estimate of drug-likeness (QED) is 0.808. The van der Waals surface area contributed by atoms with Gasteiger partial charge in [-0.15, -0.1) is 0 Å². The van der Waals surface area contributed by atoms with E-state index in [0.717, 1.165) is 11.1 Å². The van der Waals surface area contributed by atoms with Crippen molar-refractivity contribution < 1.29 is 14.3 Å². The first-order valence-electron chi connectivity index (χ1n) is 7.70. The van der Waals surface area contributed by atoms with Crippen LogP contribution in [-0.2, 0) is 9.53 Å². The van der Waals surface area contributed by atoms with E-state index in [2.05, 4.69) is 19.2 Å². The Balaban J connectivity index is 1.91. The molecule has 0 saturated heterocycles. The molecule has 0 saturated carbocycles. The smallest absolute Gasteiger partial charge is 0.338 e. The van der Waals surface area contributed by atoms with Gasteiger partial charge < -0.3 is 10.1 Å². The molecule has 2 aromatic carbocycles. The molecule has 0 unspecified atom stereocenters. The number of carbonyl (C=O) groups is 2. The van der Waals surface area contributed by atoms with E-state index in [1.165, 1.54) is 0 Å². The predicted molar refractivity (Wildman–Crippen MR) is 95.6 cm³/mol. The second-order valence-corrected chi connectivity index (χ2v) is 6.30. The molecule has 0 aliphatic heterocycles. The molecule has 1 amide bonds. The lowest BCUT2D eigenvalue weighted by atomic mass is 10.0. The minimum absolute atomic E-state index is 0.350. The van der Waals surface area contributed by atoms with Crippen molar-refractivity contribution in [2.75, 3.05) is 11.9 Å². The van der Waals surface area contributed by atoms with Crippen molar-refractivity contribution in [1.82, 2.24) is 0 Å². The Hall–Kier alpha value is -2.33. The highest BCUT2D eigenvalue weighted by atomic mass is 35.5. The van der Waals surface area contributed by atoms with E-state index in [1.807, 2.05) is 19.1 Å². The van der Waals surface area contributed by atoms with Crippen LogP contribution in [0.15, 0.2) is 42.5 Å². The average Bonchev–Trinajstić information content (AvgIpc) is 2.56. The second-order valence-electron chi connectivity index (χ2n) is 5.86. The third-order valence-electron chi connectivity index (χ3n) is 3.62. The van der Waals surface area contributed by atoms with Crippen LogP contribution in [0.25, 0.3) is 0 Å². The van der Waals surface area contributed by atoms with Crippen LogP contribution >= 0.6 is 11.6 Å². The number of halogens is 1. The average molecular weight is 346 g/mol. The van der Waals surface area contributed by atoms with Crippen LogP contribution in [0.5, 0.6) is 0 Å². The lowest BCUT2D eigenvalue weighted by Gasteiger charge is -2.10. The van der Waals surface area contributed by atoms with Gasteiger partial charge >= 0.3 is 5.97 Å². The molecule has 5 heteroatoms. The normalized spacial score (nSPS) is 10.5. The highest BCUT2D eigenvalue weighted by molar-refractivity contribution is 6.31. The van der Waals surface area contributed by atoms with Gasteiger partial charge in [0.1, 0.15) is 0 Å². The Labute approximate surface area is 146 Å². The van der Waals surface area contributed by atoms with Crippen LogP contribution in [0.3, 0.4) is 0 Å². The summed E-state index contributed by atoms with van der Waals surface area (Å²) in [5.74, 6) is -0.544. The maximum Gasteiger partial charge on any atom is 0.338 e. The van der Waals surface area contributed by atoms with Gasteiger partial charge in [0, 0.05) is 10.7 Å². The van der Waals surface area contributed by atoms with Crippen molar-refractivity contribution in [3.63, 3.8) is 0 Å². The van der Waals surface area contributed by atoms with E-state index < -0.39 is 11.9 Å². The van der Waals surface area contributed by atoms with E-state index in [1.54, 1.807) is 30.3 Å². The molecular formula is C19H20ClNO3. The van der Waals surface area contributed by atoms with Crippen molar-refractivity contribution in [3.05, 3.63) is 64.2 Å². The summed E-state index contributed by atoms with van der Waals surface area (Å²) in [6.45, 7) is 5.66. The molecule has 0 aromatic heterocycles. The number of carbonyl (C=O) groups excluding carboxylic acids is 2. The number of nitrogens with one attached hydrogen (secondary N) is 1. The highest BCUT2D eigenvalue weighted by Gasteiger charge is 2.12. The lowest BCUT2D eigenvalue weighted by molar-refractivity contribution is -0.119. The first-order valence-corrected chi connectivity index (χ1v) is 8.07. The number of amides is 1. The highest BCUT2D eigenvalue weighted by Crippen LogP contribution is 2.20. The number of benzene rings is 2. The van der Waals surface area contributed by atoms with Crippen molar-refractivity contribution in [2.45, 2.75) is 26.7 Å². The van der Waals surface area contributed by atoms with Gasteiger partial charge in [0.15, 0.2) is 6.61 Å². The Morgan fingerprint density at radius 2 is 1.79 bits per heavy atom. The van der Waals surface area contributed by atoms with E-state index in [4.69, 9.17) is 16.3 Å². The van der Waals surface area contributed by atoms with Crippen molar-refractivity contribution in [1.29, 1.82) is 0 Å². The SMILES string of the molecule is Cc1ccc(Cl)cc1NC(=O)COC(=O)c1ccc(C(C)C)cc1. The van der Waals surface area contributed by atoms with Crippen LogP contribution in [-0.4, -0.2) is 18.5 Å². The Morgan fingerprint density at radius 3 is 2.42 bits per heavy atom. The van der Waals surface area contributed by atoms with E-state index >= 15 is 0 Å². The summed E-state index contributed by atoms with van der Waals surface area (Å²) in [4.78, 5) is 23.9. The number of anilines is 1. The van der Waals surface area contributed by atoms with E-state index in [9.17, 15) is 9.59 Å². The number of ether oxygens (including phenoxy) is 1. The summed E-state index contributed by atoms with van der Waals surface area (Å²) in [6, 6.07) is 12.4. The molecule has 0 aliphatic rings. The Kier molecular flexibility index (Phi) is 5.99. The van der Waals surface area contributed by atoms with Gasteiger partial charge in [-0.05, 0) is 48.2 Å². The van der Waals surface area contributed by atoms with Gasteiger partial charge in [-0.3, -0.25) is 4.79 Å². The standard InChI is InChI=1S/C19H20ClNO3/c1-12(2)14-5-7-15(8-6-14)19(23)24-11-18(22)21-17-10-16(20)9-4-13(17)3/h4-10,12H,11H2,1-3H3,(H,21,22). The number of hydrogen-bond acceptors (Lipinski definition) is 3. The number of rotatable bonds is 5. The van der Waals surface area contributed by atoms with Crippen molar-refractivity contribution in [3.8, 4) is 0 Å². The minimum Gasteiger partial charge on any atom is -0.452 e. The summed E-state index contributed by atoms with van der Waals surface area (Å²) in [5, 5.41) is 3.21. The van der Waals surface area contributed by atoms with Gasteiger partial charge in [0.25, 0.3) is 5.91 Å². The second kappa shape index (κ2) is 7.97. The molecule has 0 bridgehead atoms. The van der Waals surface area contributed by atoms with Gasteiger partial charge in [-0.1, -0.05) is 43.6 Å². The molecule has 0 aliphatic carbocycles. The fourth-order valence-electron chi connectivity index (χ4n) is 2.13. The van der Waals surface area contributed by atoms with Crippen molar-refractivity contribution >= 4 is 29.2 Å². The molecule has 126 valence electrons. The fourth-order valence-corrected chi connectivity index (χ4v) is 2.31. The zero-order valence-electron chi connectivity index (χ0n) is 13.9. The molecule has 0 fully saturated rings. The van der Waals surface area contributed by atoms with Crippen LogP contribution in [0.4, 0.5) is 5.69 Å². The minimum atomic E-state index is -0.525. The topological polar surface area (TPSA) is 55.4 Å². The summed E-state index contributed by atoms with van der Waals surface area (Å²) in [5.41, 5.74) is 3.04. The monoisotopic (exact) mass is 345 g/mol. The number of esters is 1. The molecule has 1 N–H and O–H groups in total. The summed E-state index contributed by atoms with van der Waals surface area (Å²) in [7, 11) is 0. The first kappa shape index (κ1) is 18.0. The third-order valence-corrected chi connectivity index (χ3v) is 3.86. The van der Waals surface area contributed by atoms with Crippen LogP contribution < -0.4 is 5.32 Å². The molecule has 2 rings (SSSR count). The Morgan fingerprint density at radius 1 is 1.12 bits per heavy atom. The zero-order valence-corrected chi connectivity index (χ0v) is 14.7. The zero-order chi connectivity index (χ0) is 17.7. The largest absolute Gasteiger partial charge is 0.452 e. The maximum atomic E-state index is 12.0. The third kappa shape index (κ3) is 4.83. The van der Waals surface area contributed by atoms with Gasteiger partial charge in [0.05, 0.1) is 5.56 Å². The molecule has 24 heavy (non-hydrogen) atoms. The van der Waals surface area contributed by atoms with Crippen LogP contribution in [0, 0.1) is 6.92 Å². The fraction of sp³-hybridized carbons (Fsp3) is 0.263. The number of aryl methyl sites for hydroxylation is 1. The van der Waals surface area contributed by atoms with Gasteiger partial charge in [0.2, 0.25) is 0 Å². The van der Waals surface area contributed by atoms with Crippen molar-refractivity contribution in [2.24, 2.45) is 0 Å². The van der Waals surface area contributed by atoms with E-state index in [-0.39, 0.29) is 6.61 Å². The molecule has 4 nitrogen and oxygen atoms in total. The number of hydrogen-bond donors (Lipinski definition) is 1. The van der Waals surface area contributed by atoms with Crippen LogP contribution in [0.1, 0.15) is 41.3 Å². The summed E-state index contributed by atoms with van der Waals surface area (Å²) < 4.78 is 5.05. The maximum absolute atomic E-state index is 12.0. The molecule has 0 heterocycles. The first-order chi connectivity index (χ1) is 11.4. The molecule has 2 aromatic rings. The molecule has 0 atom stereocenters. The van der Waals surface area contributed by atoms with Gasteiger partial charge in [-0.25, -0.2) is 4.79 Å². The lowest BCUT2D eigenvalue weighted by Crippen LogP contribution is -2.21. The molecule has 0 spiro atoms. The van der Waals surface area contributed by atoms with E-state index in [0.29, 0.717) is 22.2 Å². The summed E-state index contributed by atoms with van der Waals surface area (Å²) >= 11 is 5.91.